The number of hydrazone groups is 1. The molecule has 2 amide bonds. The predicted octanol–water partition coefficient (Wildman–Crippen LogP) is 4.46. The van der Waals surface area contributed by atoms with Gasteiger partial charge in [-0.2, -0.15) is 10.1 Å². The molecule has 1 heterocycles. The molecule has 2 aromatic carbocycles. The smallest absolute Gasteiger partial charge is 0.254 e. The standard InChI is InChI=1S/C25H23ClN2O4/c1-31-21-12-16(4-11-20(21)32-14-15-2-9-19(26)10-3-15)13-27-28-24(29)22-17-5-6-18(8-7-17)23(22)25(28)30/h2-6,9-13,17-18,22-23H,7-8,14H2,1H3/b27-13-/t17-,18-,22-,23-/m1/s1. The Balaban J connectivity index is 1.30. The number of fused-ring (bicyclic) bond motifs is 1. The van der Waals surface area contributed by atoms with Crippen LogP contribution >= 0.6 is 11.6 Å². The van der Waals surface area contributed by atoms with E-state index < -0.39 is 0 Å². The van der Waals surface area contributed by atoms with Crippen molar-refractivity contribution in [1.82, 2.24) is 5.01 Å². The first-order valence-electron chi connectivity index (χ1n) is 10.7. The molecule has 0 N–H and O–H groups in total. The lowest BCUT2D eigenvalue weighted by Gasteiger charge is -2.37. The highest BCUT2D eigenvalue weighted by atomic mass is 35.5. The second kappa shape index (κ2) is 8.43. The quantitative estimate of drug-likeness (QED) is 0.370. The molecule has 32 heavy (non-hydrogen) atoms. The lowest BCUT2D eigenvalue weighted by atomic mass is 9.63. The summed E-state index contributed by atoms with van der Waals surface area (Å²) in [5.41, 5.74) is 1.69. The number of methoxy groups -OCH3 is 1. The fraction of sp³-hybridized carbons (Fsp3) is 0.320. The van der Waals surface area contributed by atoms with Crippen LogP contribution in [0.3, 0.4) is 0 Å². The molecule has 0 unspecified atom stereocenters. The second-order valence-corrected chi connectivity index (χ2v) is 8.84. The third kappa shape index (κ3) is 3.69. The van der Waals surface area contributed by atoms with Crippen LogP contribution in [0.2, 0.25) is 5.02 Å². The molecule has 0 spiro atoms. The predicted molar refractivity (Wildman–Crippen MR) is 121 cm³/mol. The maximum absolute atomic E-state index is 12.9. The number of nitrogens with zero attached hydrogens (tertiary/aromatic N) is 2. The lowest BCUT2D eigenvalue weighted by Crippen LogP contribution is -2.38. The minimum Gasteiger partial charge on any atom is -0.493 e. The van der Waals surface area contributed by atoms with E-state index in [4.69, 9.17) is 21.1 Å². The second-order valence-electron chi connectivity index (χ2n) is 8.40. The Hall–Kier alpha value is -3.12. The van der Waals surface area contributed by atoms with Crippen LogP contribution in [0.25, 0.3) is 0 Å². The average Bonchev–Trinajstić information content (AvgIpc) is 3.10. The van der Waals surface area contributed by atoms with Crippen LogP contribution < -0.4 is 9.47 Å². The number of carbonyl (C=O) groups is 2. The maximum atomic E-state index is 12.9. The number of halogens is 1. The summed E-state index contributed by atoms with van der Waals surface area (Å²) < 4.78 is 11.3. The molecule has 1 aliphatic heterocycles. The number of benzene rings is 2. The van der Waals surface area contributed by atoms with Crippen molar-refractivity contribution in [2.75, 3.05) is 7.11 Å². The first-order chi connectivity index (χ1) is 15.5. The van der Waals surface area contributed by atoms with E-state index in [1.54, 1.807) is 19.2 Å². The average molecular weight is 451 g/mol. The number of hydrogen-bond donors (Lipinski definition) is 0. The molecule has 0 radical (unpaired) electrons. The Kier molecular flexibility index (Phi) is 5.47. The number of allylic oxidation sites excluding steroid dienone is 2. The van der Waals surface area contributed by atoms with E-state index in [1.165, 1.54) is 6.21 Å². The van der Waals surface area contributed by atoms with E-state index >= 15 is 0 Å². The zero-order valence-electron chi connectivity index (χ0n) is 17.6. The summed E-state index contributed by atoms with van der Waals surface area (Å²) in [4.78, 5) is 25.8. The molecule has 2 aromatic rings. The first-order valence-corrected chi connectivity index (χ1v) is 11.1. The Morgan fingerprint density at radius 2 is 1.66 bits per heavy atom. The molecule has 4 aliphatic rings. The van der Waals surface area contributed by atoms with Gasteiger partial charge < -0.3 is 9.47 Å². The topological polar surface area (TPSA) is 68.2 Å². The number of rotatable bonds is 6. The minimum absolute atomic E-state index is 0.152. The summed E-state index contributed by atoms with van der Waals surface area (Å²) in [5, 5.41) is 5.99. The molecule has 4 atom stereocenters. The largest absolute Gasteiger partial charge is 0.493 e. The molecular weight excluding hydrogens is 428 g/mol. The molecule has 0 aromatic heterocycles. The highest BCUT2D eigenvalue weighted by Crippen LogP contribution is 2.49. The van der Waals surface area contributed by atoms with Gasteiger partial charge in [0.05, 0.1) is 25.2 Å². The summed E-state index contributed by atoms with van der Waals surface area (Å²) in [5.74, 6) is 0.524. The van der Waals surface area contributed by atoms with Gasteiger partial charge in [0.1, 0.15) is 6.61 Å². The van der Waals surface area contributed by atoms with Gasteiger partial charge in [0, 0.05) is 5.02 Å². The van der Waals surface area contributed by atoms with Crippen LogP contribution in [0.15, 0.2) is 59.7 Å². The summed E-state index contributed by atoms with van der Waals surface area (Å²) in [6, 6.07) is 12.8. The highest BCUT2D eigenvalue weighted by Gasteiger charge is 2.56. The van der Waals surface area contributed by atoms with E-state index in [-0.39, 0.29) is 35.5 Å². The summed E-state index contributed by atoms with van der Waals surface area (Å²) in [7, 11) is 1.56. The molecule has 2 fully saturated rings. The van der Waals surface area contributed by atoms with E-state index in [2.05, 4.69) is 17.3 Å². The van der Waals surface area contributed by atoms with Gasteiger partial charge in [-0.05, 0) is 66.1 Å². The van der Waals surface area contributed by atoms with Gasteiger partial charge in [-0.3, -0.25) is 9.59 Å². The van der Waals surface area contributed by atoms with Gasteiger partial charge in [0.2, 0.25) is 0 Å². The summed E-state index contributed by atoms with van der Waals surface area (Å²) >= 11 is 5.92. The molecular formula is C25H23ClN2O4. The van der Waals surface area contributed by atoms with Gasteiger partial charge in [-0.1, -0.05) is 35.9 Å². The van der Waals surface area contributed by atoms with Crippen molar-refractivity contribution < 1.29 is 19.1 Å². The minimum atomic E-state index is -0.262. The van der Waals surface area contributed by atoms with Crippen LogP contribution in [0.5, 0.6) is 11.5 Å². The zero-order chi connectivity index (χ0) is 22.2. The zero-order valence-corrected chi connectivity index (χ0v) is 18.4. The molecule has 1 saturated heterocycles. The van der Waals surface area contributed by atoms with Crippen molar-refractivity contribution >= 4 is 29.6 Å². The highest BCUT2D eigenvalue weighted by molar-refractivity contribution is 6.30. The monoisotopic (exact) mass is 450 g/mol. The van der Waals surface area contributed by atoms with E-state index in [0.717, 1.165) is 23.4 Å². The van der Waals surface area contributed by atoms with Gasteiger partial charge in [-0.25, -0.2) is 0 Å². The van der Waals surface area contributed by atoms with Crippen LogP contribution in [-0.4, -0.2) is 30.1 Å². The van der Waals surface area contributed by atoms with E-state index in [0.29, 0.717) is 28.7 Å². The van der Waals surface area contributed by atoms with Crippen LogP contribution in [0.4, 0.5) is 0 Å². The first kappa shape index (κ1) is 20.8. The fourth-order valence-corrected chi connectivity index (χ4v) is 5.05. The number of ether oxygens (including phenoxy) is 2. The fourth-order valence-electron chi connectivity index (χ4n) is 4.92. The maximum Gasteiger partial charge on any atom is 0.254 e. The Bertz CT molecular complexity index is 1080. The van der Waals surface area contributed by atoms with Crippen molar-refractivity contribution in [1.29, 1.82) is 0 Å². The van der Waals surface area contributed by atoms with Crippen LogP contribution in [-0.2, 0) is 16.2 Å². The number of carbonyl (C=O) groups excluding carboxylic acids is 2. The normalized spacial score (nSPS) is 26.1. The molecule has 3 aliphatic carbocycles. The molecule has 1 saturated carbocycles. The molecule has 2 bridgehead atoms. The van der Waals surface area contributed by atoms with Crippen molar-refractivity contribution in [2.45, 2.75) is 19.4 Å². The van der Waals surface area contributed by atoms with Gasteiger partial charge in [0.25, 0.3) is 11.8 Å². The Labute approximate surface area is 191 Å². The number of amides is 2. The summed E-state index contributed by atoms with van der Waals surface area (Å²) in [6.45, 7) is 0.372. The van der Waals surface area contributed by atoms with Gasteiger partial charge >= 0.3 is 0 Å². The number of hydrogen-bond acceptors (Lipinski definition) is 5. The number of imide groups is 1. The van der Waals surface area contributed by atoms with Crippen molar-refractivity contribution in [3.05, 3.63) is 70.8 Å². The van der Waals surface area contributed by atoms with Crippen LogP contribution in [0, 0.1) is 23.7 Å². The molecule has 7 heteroatoms. The van der Waals surface area contributed by atoms with Crippen molar-refractivity contribution in [3.63, 3.8) is 0 Å². The van der Waals surface area contributed by atoms with Gasteiger partial charge in [-0.15, -0.1) is 0 Å². The van der Waals surface area contributed by atoms with Crippen molar-refractivity contribution in [3.8, 4) is 11.5 Å². The molecule has 164 valence electrons. The van der Waals surface area contributed by atoms with Crippen LogP contribution in [0.1, 0.15) is 24.0 Å². The third-order valence-corrected chi connectivity index (χ3v) is 6.81. The molecule has 6 nitrogen and oxygen atoms in total. The summed E-state index contributed by atoms with van der Waals surface area (Å²) in [6.07, 6.45) is 7.65. The molecule has 6 rings (SSSR count). The Morgan fingerprint density at radius 3 is 2.25 bits per heavy atom. The van der Waals surface area contributed by atoms with E-state index in [1.807, 2.05) is 30.3 Å². The van der Waals surface area contributed by atoms with E-state index in [9.17, 15) is 9.59 Å². The lowest BCUT2D eigenvalue weighted by molar-refractivity contribution is -0.140. The Morgan fingerprint density at radius 1 is 1.00 bits per heavy atom. The SMILES string of the molecule is COc1cc(/C=N\N2C(=O)[C@H]3[C@H](C2=O)[C@@H]2C=C[C@@H]3CC2)ccc1OCc1ccc(Cl)cc1. The third-order valence-electron chi connectivity index (χ3n) is 6.55. The van der Waals surface area contributed by atoms with Crippen molar-refractivity contribution in [2.24, 2.45) is 28.8 Å². The van der Waals surface area contributed by atoms with Gasteiger partial charge in [0.15, 0.2) is 11.5 Å².